The van der Waals surface area contributed by atoms with Gasteiger partial charge in [0.05, 0.1) is 0 Å². The number of aryl methyl sites for hydroxylation is 1. The van der Waals surface area contributed by atoms with E-state index in [0.717, 1.165) is 27.4 Å². The Hall–Kier alpha value is -1.15. The summed E-state index contributed by atoms with van der Waals surface area (Å²) in [7, 11) is 3.83. The smallest absolute Gasteiger partial charge is 0.191 e. The number of thioether (sulfide) groups is 1. The predicted molar refractivity (Wildman–Crippen MR) is 64.8 cm³/mol. The minimum atomic E-state index is 0.749. The highest BCUT2D eigenvalue weighted by atomic mass is 32.2. The van der Waals surface area contributed by atoms with Crippen molar-refractivity contribution in [2.75, 3.05) is 12.4 Å². The topological polar surface area (TPSA) is 68.5 Å². The third kappa shape index (κ3) is 2.17. The molecule has 0 bridgehead atoms. The second kappa shape index (κ2) is 4.79. The van der Waals surface area contributed by atoms with Crippen LogP contribution in [0.3, 0.4) is 0 Å². The summed E-state index contributed by atoms with van der Waals surface area (Å²) >= 11 is 2.97. The third-order valence-corrected chi connectivity index (χ3v) is 3.99. The fourth-order valence-electron chi connectivity index (χ4n) is 1.14. The van der Waals surface area contributed by atoms with Crippen LogP contribution in [-0.2, 0) is 12.8 Å². The molecule has 0 saturated carbocycles. The molecule has 6 nitrogen and oxygen atoms in total. The van der Waals surface area contributed by atoms with Gasteiger partial charge in [-0.1, -0.05) is 16.3 Å². The van der Waals surface area contributed by atoms with Gasteiger partial charge < -0.3 is 9.88 Å². The molecule has 0 spiro atoms. The quantitative estimate of drug-likeness (QED) is 0.832. The third-order valence-electron chi connectivity index (χ3n) is 2.17. The van der Waals surface area contributed by atoms with Gasteiger partial charge in [-0.3, -0.25) is 0 Å². The lowest BCUT2D eigenvalue weighted by Crippen LogP contribution is -1.95. The van der Waals surface area contributed by atoms with Gasteiger partial charge in [-0.15, -0.1) is 15.3 Å². The Morgan fingerprint density at radius 1 is 1.38 bits per heavy atom. The average Bonchev–Trinajstić information content (AvgIpc) is 2.86. The predicted octanol–water partition coefficient (Wildman–Crippen LogP) is 1.31. The van der Waals surface area contributed by atoms with E-state index in [1.807, 2.05) is 25.6 Å². The van der Waals surface area contributed by atoms with Gasteiger partial charge in [0.1, 0.15) is 16.5 Å². The van der Waals surface area contributed by atoms with Crippen LogP contribution < -0.4 is 5.32 Å². The molecule has 0 aliphatic rings. The molecule has 0 unspecified atom stereocenters. The minimum absolute atomic E-state index is 0.749. The Labute approximate surface area is 102 Å². The number of hydrogen-bond acceptors (Lipinski definition) is 7. The van der Waals surface area contributed by atoms with E-state index in [1.165, 1.54) is 11.5 Å². The molecule has 2 aromatic heterocycles. The van der Waals surface area contributed by atoms with Crippen LogP contribution in [0.2, 0.25) is 0 Å². The molecule has 8 heteroatoms. The molecule has 1 N–H and O–H groups in total. The van der Waals surface area contributed by atoms with Gasteiger partial charge in [-0.05, 0) is 6.92 Å². The lowest BCUT2D eigenvalue weighted by molar-refractivity contribution is 0.765. The monoisotopic (exact) mass is 256 g/mol. The Bertz CT molecular complexity index is 477. The van der Waals surface area contributed by atoms with E-state index in [4.69, 9.17) is 0 Å². The van der Waals surface area contributed by atoms with Crippen LogP contribution in [0.25, 0.3) is 0 Å². The first kappa shape index (κ1) is 11.3. The first-order valence-corrected chi connectivity index (χ1v) is 6.46. The van der Waals surface area contributed by atoms with Crippen LogP contribution in [0.1, 0.15) is 11.5 Å². The number of aromatic nitrogens is 5. The van der Waals surface area contributed by atoms with Crippen molar-refractivity contribution in [1.82, 2.24) is 24.4 Å². The molecule has 0 amide bonds. The van der Waals surface area contributed by atoms with Crippen LogP contribution in [0.5, 0.6) is 0 Å². The van der Waals surface area contributed by atoms with Crippen molar-refractivity contribution < 1.29 is 0 Å². The molecule has 2 rings (SSSR count). The maximum atomic E-state index is 4.08. The zero-order chi connectivity index (χ0) is 11.5. The molecule has 0 aliphatic heterocycles. The maximum Gasteiger partial charge on any atom is 0.191 e. The van der Waals surface area contributed by atoms with Gasteiger partial charge in [0, 0.05) is 31.4 Å². The molecule has 0 fully saturated rings. The van der Waals surface area contributed by atoms with Crippen molar-refractivity contribution in [3.05, 3.63) is 11.5 Å². The molecule has 0 saturated heterocycles. The molecule has 0 atom stereocenters. The fraction of sp³-hybridized carbons (Fsp3) is 0.500. The molecule has 0 aromatic carbocycles. The number of nitrogens with one attached hydrogen (secondary N) is 1. The van der Waals surface area contributed by atoms with Gasteiger partial charge >= 0.3 is 0 Å². The lowest BCUT2D eigenvalue weighted by Gasteiger charge is -2.00. The molecular formula is C8H12N6S2. The summed E-state index contributed by atoms with van der Waals surface area (Å²) in [6.07, 6.45) is 0. The van der Waals surface area contributed by atoms with Crippen molar-refractivity contribution in [1.29, 1.82) is 0 Å². The first-order chi connectivity index (χ1) is 7.72. The summed E-state index contributed by atoms with van der Waals surface area (Å²) in [6.45, 7) is 1.93. The van der Waals surface area contributed by atoms with Crippen molar-refractivity contribution >= 4 is 28.3 Å². The number of anilines is 1. The first-order valence-electron chi connectivity index (χ1n) is 4.70. The van der Waals surface area contributed by atoms with Gasteiger partial charge in [0.25, 0.3) is 0 Å². The number of rotatable bonds is 4. The maximum absolute atomic E-state index is 4.08. The van der Waals surface area contributed by atoms with Crippen molar-refractivity contribution in [2.24, 2.45) is 7.05 Å². The van der Waals surface area contributed by atoms with Gasteiger partial charge in [-0.2, -0.15) is 0 Å². The standard InChI is InChI=1S/C8H12N6S2/c1-5-10-12-8(14(5)3)15-4-6-7(9-2)16-13-11-6/h9H,4H2,1-3H3. The second-order valence-corrected chi connectivity index (χ2v) is 4.87. The van der Waals surface area contributed by atoms with E-state index < -0.39 is 0 Å². The van der Waals surface area contributed by atoms with Crippen molar-refractivity contribution in [2.45, 2.75) is 17.8 Å². The van der Waals surface area contributed by atoms with E-state index in [-0.39, 0.29) is 0 Å². The Morgan fingerprint density at radius 3 is 2.81 bits per heavy atom. The van der Waals surface area contributed by atoms with E-state index in [1.54, 1.807) is 11.8 Å². The molecule has 86 valence electrons. The second-order valence-electron chi connectivity index (χ2n) is 3.18. The van der Waals surface area contributed by atoms with Crippen LogP contribution in [0, 0.1) is 6.92 Å². The van der Waals surface area contributed by atoms with E-state index in [0.29, 0.717) is 0 Å². The SMILES string of the molecule is CNc1snnc1CSc1nnc(C)n1C. The summed E-state index contributed by atoms with van der Waals surface area (Å²) < 4.78 is 5.87. The molecule has 16 heavy (non-hydrogen) atoms. The van der Waals surface area contributed by atoms with Crippen LogP contribution in [0.15, 0.2) is 5.16 Å². The summed E-state index contributed by atoms with van der Waals surface area (Å²) in [5, 5.41) is 17.1. The lowest BCUT2D eigenvalue weighted by atomic mass is 10.5. The summed E-state index contributed by atoms with van der Waals surface area (Å²) in [4.78, 5) is 0. The van der Waals surface area contributed by atoms with E-state index in [9.17, 15) is 0 Å². The Balaban J connectivity index is 2.05. The van der Waals surface area contributed by atoms with Gasteiger partial charge in [-0.25, -0.2) is 0 Å². The van der Waals surface area contributed by atoms with Gasteiger partial charge in [0.2, 0.25) is 0 Å². The highest BCUT2D eigenvalue weighted by molar-refractivity contribution is 7.98. The van der Waals surface area contributed by atoms with Crippen molar-refractivity contribution in [3.8, 4) is 0 Å². The Kier molecular flexibility index (Phi) is 3.39. The summed E-state index contributed by atoms with van der Waals surface area (Å²) in [6, 6.07) is 0. The number of hydrogen-bond donors (Lipinski definition) is 1. The molecular weight excluding hydrogens is 244 g/mol. The van der Waals surface area contributed by atoms with Gasteiger partial charge in [0.15, 0.2) is 5.16 Å². The molecule has 2 heterocycles. The van der Waals surface area contributed by atoms with Crippen LogP contribution in [-0.4, -0.2) is 31.4 Å². The normalized spacial score (nSPS) is 10.7. The highest BCUT2D eigenvalue weighted by Crippen LogP contribution is 2.25. The Morgan fingerprint density at radius 2 is 2.19 bits per heavy atom. The summed E-state index contributed by atoms with van der Waals surface area (Å²) in [5.74, 6) is 1.66. The molecule has 0 aliphatic carbocycles. The van der Waals surface area contributed by atoms with E-state index in [2.05, 4.69) is 25.1 Å². The summed E-state index contributed by atoms with van der Waals surface area (Å²) in [5.41, 5.74) is 0.957. The largest absolute Gasteiger partial charge is 0.377 e. The van der Waals surface area contributed by atoms with Crippen LogP contribution in [0.4, 0.5) is 5.00 Å². The fourth-order valence-corrected chi connectivity index (χ4v) is 2.65. The molecule has 2 aromatic rings. The van der Waals surface area contributed by atoms with Crippen LogP contribution >= 0.6 is 23.3 Å². The van der Waals surface area contributed by atoms with Crippen molar-refractivity contribution in [3.63, 3.8) is 0 Å². The average molecular weight is 256 g/mol. The minimum Gasteiger partial charge on any atom is -0.377 e. The zero-order valence-electron chi connectivity index (χ0n) is 9.26. The molecule has 0 radical (unpaired) electrons. The van der Waals surface area contributed by atoms with E-state index >= 15 is 0 Å². The zero-order valence-corrected chi connectivity index (χ0v) is 10.9. The highest BCUT2D eigenvalue weighted by Gasteiger charge is 2.10. The number of nitrogens with zero attached hydrogens (tertiary/aromatic N) is 5.